The van der Waals surface area contributed by atoms with E-state index in [1.54, 1.807) is 18.2 Å². The van der Waals surface area contributed by atoms with Crippen LogP contribution < -0.4 is 0 Å². The van der Waals surface area contributed by atoms with Crippen molar-refractivity contribution >= 4 is 11.6 Å². The Labute approximate surface area is 221 Å². The van der Waals surface area contributed by atoms with Gasteiger partial charge in [0, 0.05) is 5.56 Å². The van der Waals surface area contributed by atoms with Crippen molar-refractivity contribution in [2.45, 2.75) is 84.0 Å². The molecule has 0 amide bonds. The molecule has 4 rings (SSSR count). The first-order valence-electron chi connectivity index (χ1n) is 13.8. The van der Waals surface area contributed by atoms with Crippen molar-refractivity contribution in [3.63, 3.8) is 0 Å². The molecule has 3 aromatic carbocycles. The molecule has 0 N–H and O–H groups in total. The first-order valence-corrected chi connectivity index (χ1v) is 14.2. The average molecular weight is 509 g/mol. The maximum absolute atomic E-state index is 14.7. The molecule has 0 heterocycles. The highest BCUT2D eigenvalue weighted by molar-refractivity contribution is 6.30. The van der Waals surface area contributed by atoms with Gasteiger partial charge in [-0.3, -0.25) is 0 Å². The van der Waals surface area contributed by atoms with Gasteiger partial charge in [-0.25, -0.2) is 8.78 Å². The summed E-state index contributed by atoms with van der Waals surface area (Å²) in [7, 11) is 0. The Bertz CT molecular complexity index is 1100. The molecule has 0 unspecified atom stereocenters. The van der Waals surface area contributed by atoms with Crippen LogP contribution in [-0.4, -0.2) is 0 Å². The summed E-state index contributed by atoms with van der Waals surface area (Å²) in [5.74, 6) is 0.745. The molecule has 0 aromatic heterocycles. The number of unbranched alkanes of at least 4 members (excludes halogenated alkanes) is 2. The molecule has 0 bridgehead atoms. The van der Waals surface area contributed by atoms with Gasteiger partial charge < -0.3 is 0 Å². The predicted octanol–water partition coefficient (Wildman–Crippen LogP) is 10.4. The monoisotopic (exact) mass is 508 g/mol. The number of halogens is 3. The van der Waals surface area contributed by atoms with Gasteiger partial charge in [-0.1, -0.05) is 99.5 Å². The lowest BCUT2D eigenvalue weighted by Gasteiger charge is -2.28. The highest BCUT2D eigenvalue weighted by Crippen LogP contribution is 2.34. The Kier molecular flexibility index (Phi) is 9.98. The lowest BCUT2D eigenvalue weighted by atomic mass is 9.77. The third kappa shape index (κ3) is 7.65. The second kappa shape index (κ2) is 13.4. The molecule has 1 fully saturated rings. The van der Waals surface area contributed by atoms with Crippen LogP contribution in [0.1, 0.15) is 81.4 Å². The normalized spacial score (nSPS) is 17.9. The van der Waals surface area contributed by atoms with Crippen LogP contribution in [0.5, 0.6) is 0 Å². The van der Waals surface area contributed by atoms with Crippen LogP contribution in [0.15, 0.2) is 60.7 Å². The van der Waals surface area contributed by atoms with E-state index in [0.29, 0.717) is 11.1 Å². The lowest BCUT2D eigenvalue weighted by Crippen LogP contribution is -2.15. The van der Waals surface area contributed by atoms with Crippen LogP contribution >= 0.6 is 11.6 Å². The summed E-state index contributed by atoms with van der Waals surface area (Å²) in [6, 6.07) is 19.1. The zero-order chi connectivity index (χ0) is 25.3. The molecule has 0 radical (unpaired) electrons. The van der Waals surface area contributed by atoms with Crippen LogP contribution in [-0.2, 0) is 19.3 Å². The number of hydrogen-bond donors (Lipinski definition) is 0. The molecule has 0 nitrogen and oxygen atoms in total. The summed E-state index contributed by atoms with van der Waals surface area (Å²) in [6.45, 7) is 2.25. The molecule has 3 heteroatoms. The number of aryl methyl sites for hydroxylation is 3. The quantitative estimate of drug-likeness (QED) is 0.226. The van der Waals surface area contributed by atoms with Gasteiger partial charge in [0.15, 0.2) is 0 Å². The van der Waals surface area contributed by atoms with E-state index in [2.05, 4.69) is 31.2 Å². The topological polar surface area (TPSA) is 0 Å². The molecule has 0 spiro atoms. The maximum atomic E-state index is 14.7. The summed E-state index contributed by atoms with van der Waals surface area (Å²) in [5, 5.41) is 0.0531. The second-order valence-electron chi connectivity index (χ2n) is 10.7. The SMILES string of the molecule is CCCCCc1ccc(CC[C@H]2CC[C@H](CCc3ccc(-c4ccc(Cl)c(F)c4)c(F)c3)CC2)cc1. The molecule has 0 atom stereocenters. The minimum absolute atomic E-state index is 0.0531. The smallest absolute Gasteiger partial charge is 0.142 e. The summed E-state index contributed by atoms with van der Waals surface area (Å²) in [6.07, 6.45) is 14.8. The van der Waals surface area contributed by atoms with Crippen molar-refractivity contribution in [1.29, 1.82) is 0 Å². The third-order valence-corrected chi connectivity index (χ3v) is 8.31. The Morgan fingerprint density at radius 3 is 1.83 bits per heavy atom. The van der Waals surface area contributed by atoms with Crippen molar-refractivity contribution in [2.24, 2.45) is 11.8 Å². The summed E-state index contributed by atoms with van der Waals surface area (Å²) >= 11 is 5.76. The molecular weight excluding hydrogens is 470 g/mol. The van der Waals surface area contributed by atoms with Crippen molar-refractivity contribution in [2.75, 3.05) is 0 Å². The Hall–Kier alpha value is -2.19. The van der Waals surface area contributed by atoms with Crippen LogP contribution in [0.4, 0.5) is 8.78 Å². The van der Waals surface area contributed by atoms with Gasteiger partial charge in [-0.15, -0.1) is 0 Å². The first-order chi connectivity index (χ1) is 17.5. The molecule has 0 aliphatic heterocycles. The minimum Gasteiger partial charge on any atom is -0.206 e. The van der Waals surface area contributed by atoms with Gasteiger partial charge in [0.1, 0.15) is 11.6 Å². The minimum atomic E-state index is -0.524. The van der Waals surface area contributed by atoms with E-state index in [0.717, 1.165) is 30.2 Å². The lowest BCUT2D eigenvalue weighted by molar-refractivity contribution is 0.253. The van der Waals surface area contributed by atoms with Crippen LogP contribution in [0.3, 0.4) is 0 Å². The van der Waals surface area contributed by atoms with E-state index in [4.69, 9.17) is 11.6 Å². The van der Waals surface area contributed by atoms with Gasteiger partial charge in [0.05, 0.1) is 5.02 Å². The molecule has 1 aliphatic rings. The van der Waals surface area contributed by atoms with Gasteiger partial charge in [0.25, 0.3) is 0 Å². The summed E-state index contributed by atoms with van der Waals surface area (Å²) in [4.78, 5) is 0. The molecule has 36 heavy (non-hydrogen) atoms. The standard InChI is InChI=1S/C33H39ClF2/c1-2-3-4-5-24-6-8-25(9-7-24)10-11-26-12-14-27(15-13-26)16-17-28-18-20-30(32(35)22-28)29-19-21-31(34)33(36)23-29/h6-9,18-23,26-27H,2-5,10-17H2,1H3/t26-,27-. The Morgan fingerprint density at radius 2 is 1.25 bits per heavy atom. The van der Waals surface area contributed by atoms with E-state index in [1.807, 2.05) is 6.07 Å². The van der Waals surface area contributed by atoms with E-state index >= 15 is 0 Å². The summed E-state index contributed by atoms with van der Waals surface area (Å²) in [5.41, 5.74) is 4.90. The predicted molar refractivity (Wildman–Crippen MR) is 149 cm³/mol. The number of rotatable bonds is 11. The van der Waals surface area contributed by atoms with E-state index < -0.39 is 5.82 Å². The number of benzene rings is 3. The molecule has 0 saturated heterocycles. The fourth-order valence-electron chi connectivity index (χ4n) is 5.61. The maximum Gasteiger partial charge on any atom is 0.142 e. The zero-order valence-corrected chi connectivity index (χ0v) is 22.3. The summed E-state index contributed by atoms with van der Waals surface area (Å²) < 4.78 is 28.5. The van der Waals surface area contributed by atoms with Crippen LogP contribution in [0, 0.1) is 23.5 Å². The van der Waals surface area contributed by atoms with Crippen molar-refractivity contribution in [1.82, 2.24) is 0 Å². The molecule has 192 valence electrons. The van der Waals surface area contributed by atoms with E-state index in [1.165, 1.54) is 87.5 Å². The van der Waals surface area contributed by atoms with Gasteiger partial charge in [0.2, 0.25) is 0 Å². The van der Waals surface area contributed by atoms with Crippen LogP contribution in [0.2, 0.25) is 5.02 Å². The molecule has 1 aliphatic carbocycles. The van der Waals surface area contributed by atoms with Crippen molar-refractivity contribution in [3.05, 3.63) is 94.0 Å². The molecule has 1 saturated carbocycles. The van der Waals surface area contributed by atoms with E-state index in [-0.39, 0.29) is 10.8 Å². The van der Waals surface area contributed by atoms with Gasteiger partial charge >= 0.3 is 0 Å². The fourth-order valence-corrected chi connectivity index (χ4v) is 5.73. The van der Waals surface area contributed by atoms with Crippen LogP contribution in [0.25, 0.3) is 11.1 Å². The first kappa shape index (κ1) is 26.9. The highest BCUT2D eigenvalue weighted by atomic mass is 35.5. The number of hydrogen-bond acceptors (Lipinski definition) is 0. The van der Waals surface area contributed by atoms with E-state index in [9.17, 15) is 8.78 Å². The largest absolute Gasteiger partial charge is 0.206 e. The fraction of sp³-hybridized carbons (Fsp3) is 0.455. The zero-order valence-electron chi connectivity index (χ0n) is 21.5. The van der Waals surface area contributed by atoms with Crippen molar-refractivity contribution in [3.8, 4) is 11.1 Å². The molecule has 3 aromatic rings. The third-order valence-electron chi connectivity index (χ3n) is 8.00. The Balaban J connectivity index is 1.18. The van der Waals surface area contributed by atoms with Gasteiger partial charge in [-0.2, -0.15) is 0 Å². The second-order valence-corrected chi connectivity index (χ2v) is 11.1. The molecular formula is C33H39ClF2. The van der Waals surface area contributed by atoms with Gasteiger partial charge in [-0.05, 0) is 90.8 Å². The highest BCUT2D eigenvalue weighted by Gasteiger charge is 2.21. The van der Waals surface area contributed by atoms with Crippen molar-refractivity contribution < 1.29 is 8.78 Å². The Morgan fingerprint density at radius 1 is 0.667 bits per heavy atom. The average Bonchev–Trinajstić information content (AvgIpc) is 2.89.